The van der Waals surface area contributed by atoms with E-state index >= 15 is 0 Å². The van der Waals surface area contributed by atoms with Crippen LogP contribution in [0.1, 0.15) is 29.6 Å². The number of rotatable bonds is 7. The number of likely N-dealkylation sites (tertiary alicyclic amines) is 1. The second kappa shape index (κ2) is 12.2. The second-order valence-corrected chi connectivity index (χ2v) is 11.6. The predicted molar refractivity (Wildman–Crippen MR) is 164 cm³/mol. The van der Waals surface area contributed by atoms with Crippen LogP contribution in [0.5, 0.6) is 11.5 Å². The number of piperazine rings is 1. The van der Waals surface area contributed by atoms with Crippen LogP contribution in [0.3, 0.4) is 0 Å². The third-order valence-electron chi connectivity index (χ3n) is 8.64. The monoisotopic (exact) mass is 584 g/mol. The fourth-order valence-electron chi connectivity index (χ4n) is 6.28. The molecule has 4 heterocycles. The van der Waals surface area contributed by atoms with Gasteiger partial charge in [-0.05, 0) is 54.9 Å². The molecular weight excluding hydrogens is 547 g/mol. The summed E-state index contributed by atoms with van der Waals surface area (Å²) in [6.07, 6.45) is 4.02. The van der Waals surface area contributed by atoms with Gasteiger partial charge in [0.2, 0.25) is 0 Å². The van der Waals surface area contributed by atoms with Crippen LogP contribution in [0, 0.1) is 5.82 Å². The minimum Gasteiger partial charge on any atom is -0.490 e. The summed E-state index contributed by atoms with van der Waals surface area (Å²) in [5.74, 6) is 1.01. The number of halogens is 1. The Morgan fingerprint density at radius 3 is 2.53 bits per heavy atom. The van der Waals surface area contributed by atoms with Gasteiger partial charge >= 0.3 is 0 Å². The van der Waals surface area contributed by atoms with Gasteiger partial charge in [0, 0.05) is 87.6 Å². The molecule has 0 radical (unpaired) electrons. The van der Waals surface area contributed by atoms with Gasteiger partial charge in [-0.15, -0.1) is 0 Å². The number of nitrogens with one attached hydrogen (secondary N) is 3. The van der Waals surface area contributed by atoms with E-state index in [1.807, 2.05) is 41.3 Å². The number of hydrogen-bond donors (Lipinski definition) is 3. The molecule has 0 unspecified atom stereocenters. The highest BCUT2D eigenvalue weighted by molar-refractivity contribution is 5.96. The van der Waals surface area contributed by atoms with Gasteiger partial charge in [0.1, 0.15) is 29.5 Å². The van der Waals surface area contributed by atoms with E-state index in [0.717, 1.165) is 79.3 Å². The number of nitrogens with zero attached hydrogens (tertiary/aromatic N) is 3. The lowest BCUT2D eigenvalue weighted by Gasteiger charge is -2.33. The van der Waals surface area contributed by atoms with Crippen LogP contribution in [-0.2, 0) is 0 Å². The molecule has 4 aromatic rings. The largest absolute Gasteiger partial charge is 0.490 e. The number of imidazole rings is 1. The number of H-pyrrole nitrogens is 1. The van der Waals surface area contributed by atoms with Crippen LogP contribution in [0.2, 0.25) is 0 Å². The fourth-order valence-corrected chi connectivity index (χ4v) is 6.28. The first-order valence-corrected chi connectivity index (χ1v) is 15.3. The average Bonchev–Trinajstić information content (AvgIpc) is 3.73. The van der Waals surface area contributed by atoms with Crippen molar-refractivity contribution in [3.63, 3.8) is 0 Å². The number of piperidine rings is 1. The van der Waals surface area contributed by atoms with E-state index in [9.17, 15) is 9.18 Å². The topological polar surface area (TPSA) is 94.7 Å². The molecule has 224 valence electrons. The Bertz CT molecular complexity index is 1590. The standard InChI is InChI=1S/C33H37FN6O3/c34-24-17-25(39-13-9-35-10-14-39)19-28(18-24)42-26-6-11-40(12-7-26)33(41)23-2-4-32(43-27-5-8-36-20-27)29(15-23)22-1-3-30-31(16-22)38-21-37-30/h1-4,15-19,21,26-27,35-36H,5-14,20H2,(H,37,38)/t27-/m0/s1. The SMILES string of the molecule is O=C(c1ccc(O[C@H]2CCNC2)c(-c2ccc3nc[nH]c3c2)c1)N1CCC(Oc2cc(F)cc(N3CCNCC3)c2)CC1. The molecule has 0 aliphatic carbocycles. The Morgan fingerprint density at radius 1 is 0.860 bits per heavy atom. The molecule has 3 saturated heterocycles. The zero-order valence-electron chi connectivity index (χ0n) is 24.2. The van der Waals surface area contributed by atoms with E-state index in [1.54, 1.807) is 12.4 Å². The van der Waals surface area contributed by atoms with Crippen molar-refractivity contribution < 1.29 is 18.7 Å². The fraction of sp³-hybridized carbons (Fsp3) is 0.394. The lowest BCUT2D eigenvalue weighted by molar-refractivity contribution is 0.0595. The van der Waals surface area contributed by atoms with Crippen molar-refractivity contribution in [1.82, 2.24) is 25.5 Å². The van der Waals surface area contributed by atoms with E-state index in [2.05, 4.69) is 31.6 Å². The number of anilines is 1. The number of hydrogen-bond acceptors (Lipinski definition) is 7. The number of fused-ring (bicyclic) bond motifs is 1. The number of carbonyl (C=O) groups excluding carboxylic acids is 1. The summed E-state index contributed by atoms with van der Waals surface area (Å²) in [6.45, 7) is 6.34. The van der Waals surface area contributed by atoms with Crippen molar-refractivity contribution in [3.05, 3.63) is 72.3 Å². The lowest BCUT2D eigenvalue weighted by Crippen LogP contribution is -2.43. The van der Waals surface area contributed by atoms with E-state index in [4.69, 9.17) is 9.47 Å². The maximum absolute atomic E-state index is 14.5. The summed E-state index contributed by atoms with van der Waals surface area (Å²) in [6, 6.07) is 16.7. The second-order valence-electron chi connectivity index (χ2n) is 11.6. The summed E-state index contributed by atoms with van der Waals surface area (Å²) in [5.41, 5.74) is 5.16. The zero-order valence-corrected chi connectivity index (χ0v) is 24.2. The van der Waals surface area contributed by atoms with Crippen LogP contribution >= 0.6 is 0 Å². The number of carbonyl (C=O) groups is 1. The van der Waals surface area contributed by atoms with E-state index < -0.39 is 0 Å². The molecule has 7 rings (SSSR count). The lowest BCUT2D eigenvalue weighted by atomic mass is 9.99. The summed E-state index contributed by atoms with van der Waals surface area (Å²) < 4.78 is 27.1. The first-order valence-electron chi connectivity index (χ1n) is 15.3. The van der Waals surface area contributed by atoms with Gasteiger partial charge in [0.25, 0.3) is 5.91 Å². The molecule has 1 aromatic heterocycles. The Morgan fingerprint density at radius 2 is 1.72 bits per heavy atom. The van der Waals surface area contributed by atoms with Gasteiger partial charge in [0.15, 0.2) is 0 Å². The summed E-state index contributed by atoms with van der Waals surface area (Å²) in [7, 11) is 0. The van der Waals surface area contributed by atoms with Crippen LogP contribution < -0.4 is 25.0 Å². The molecule has 3 aliphatic heterocycles. The van der Waals surface area contributed by atoms with Gasteiger partial charge in [0.05, 0.1) is 17.4 Å². The predicted octanol–water partition coefficient (Wildman–Crippen LogP) is 4.20. The van der Waals surface area contributed by atoms with Crippen molar-refractivity contribution in [2.24, 2.45) is 0 Å². The van der Waals surface area contributed by atoms with Crippen LogP contribution in [0.25, 0.3) is 22.2 Å². The Hall–Kier alpha value is -4.15. The molecule has 3 aromatic carbocycles. The molecule has 0 spiro atoms. The van der Waals surface area contributed by atoms with Crippen molar-refractivity contribution >= 4 is 22.6 Å². The molecule has 43 heavy (non-hydrogen) atoms. The molecule has 0 saturated carbocycles. The maximum atomic E-state index is 14.5. The van der Waals surface area contributed by atoms with E-state index in [-0.39, 0.29) is 23.9 Å². The van der Waals surface area contributed by atoms with Gasteiger partial charge < -0.3 is 34.9 Å². The van der Waals surface area contributed by atoms with Gasteiger partial charge in [-0.3, -0.25) is 4.79 Å². The molecule has 3 N–H and O–H groups in total. The average molecular weight is 585 g/mol. The highest BCUT2D eigenvalue weighted by atomic mass is 19.1. The highest BCUT2D eigenvalue weighted by Crippen LogP contribution is 2.35. The van der Waals surface area contributed by atoms with Gasteiger partial charge in [-0.25, -0.2) is 9.37 Å². The Kier molecular flexibility index (Phi) is 7.86. The smallest absolute Gasteiger partial charge is 0.253 e. The Balaban J connectivity index is 1.05. The molecule has 0 bridgehead atoms. The summed E-state index contributed by atoms with van der Waals surface area (Å²) >= 11 is 0. The first kappa shape index (κ1) is 27.7. The van der Waals surface area contributed by atoms with Gasteiger partial charge in [-0.1, -0.05) is 6.07 Å². The highest BCUT2D eigenvalue weighted by Gasteiger charge is 2.27. The number of amides is 1. The van der Waals surface area contributed by atoms with E-state index in [0.29, 0.717) is 37.2 Å². The number of ether oxygens (including phenoxy) is 2. The van der Waals surface area contributed by atoms with Crippen LogP contribution in [0.4, 0.5) is 10.1 Å². The number of aromatic nitrogens is 2. The van der Waals surface area contributed by atoms with Crippen molar-refractivity contribution in [2.45, 2.75) is 31.5 Å². The third-order valence-corrected chi connectivity index (χ3v) is 8.64. The molecule has 9 nitrogen and oxygen atoms in total. The molecule has 3 fully saturated rings. The van der Waals surface area contributed by atoms with Crippen molar-refractivity contribution in [2.75, 3.05) is 57.3 Å². The van der Waals surface area contributed by atoms with Crippen molar-refractivity contribution in [1.29, 1.82) is 0 Å². The summed E-state index contributed by atoms with van der Waals surface area (Å²) in [5, 5.41) is 6.68. The van der Waals surface area contributed by atoms with E-state index in [1.165, 1.54) is 6.07 Å². The number of benzene rings is 3. The normalized spacial score (nSPS) is 19.6. The summed E-state index contributed by atoms with van der Waals surface area (Å²) in [4.78, 5) is 25.3. The first-order chi connectivity index (χ1) is 21.1. The molecule has 1 amide bonds. The number of aromatic amines is 1. The molecular formula is C33H37FN6O3. The molecule has 10 heteroatoms. The van der Waals surface area contributed by atoms with Crippen LogP contribution in [0.15, 0.2) is 60.9 Å². The third kappa shape index (κ3) is 6.16. The minimum absolute atomic E-state index is 0.0110. The minimum atomic E-state index is -0.294. The zero-order chi connectivity index (χ0) is 29.2. The van der Waals surface area contributed by atoms with Crippen LogP contribution in [-0.4, -0.2) is 85.3 Å². The quantitative estimate of drug-likeness (QED) is 0.300. The van der Waals surface area contributed by atoms with Gasteiger partial charge in [-0.2, -0.15) is 0 Å². The van der Waals surface area contributed by atoms with Crippen molar-refractivity contribution in [3.8, 4) is 22.6 Å². The molecule has 3 aliphatic rings. The molecule has 1 atom stereocenters. The maximum Gasteiger partial charge on any atom is 0.253 e. The Labute approximate surface area is 250 Å².